The van der Waals surface area contributed by atoms with Gasteiger partial charge in [-0.3, -0.25) is 10.1 Å². The van der Waals surface area contributed by atoms with Crippen molar-refractivity contribution in [2.24, 2.45) is 11.7 Å². The number of benzene rings is 2. The van der Waals surface area contributed by atoms with E-state index in [0.29, 0.717) is 36.0 Å². The highest BCUT2D eigenvalue weighted by molar-refractivity contribution is 6.20. The molecule has 1 unspecified atom stereocenters. The number of rotatable bonds is 9. The number of nitrogens with one attached hydrogen (secondary N) is 1. The number of Topliss-reactive ketones (excluding diaryl/α,β-unsaturated/α-hetero) is 1. The Balaban J connectivity index is 1.39. The van der Waals surface area contributed by atoms with Crippen LogP contribution in [-0.4, -0.2) is 41.9 Å². The first kappa shape index (κ1) is 27.4. The lowest BCUT2D eigenvalue weighted by Gasteiger charge is -2.30. The van der Waals surface area contributed by atoms with Gasteiger partial charge in [0.15, 0.2) is 5.78 Å². The van der Waals surface area contributed by atoms with Gasteiger partial charge < -0.3 is 24.5 Å². The molecule has 0 radical (unpaired) electrons. The summed E-state index contributed by atoms with van der Waals surface area (Å²) in [5, 5.41) is 3.73. The van der Waals surface area contributed by atoms with Crippen LogP contribution in [0.4, 0.5) is 10.5 Å². The van der Waals surface area contributed by atoms with Crippen molar-refractivity contribution in [1.82, 2.24) is 4.57 Å². The Hall–Kier alpha value is -3.78. The van der Waals surface area contributed by atoms with Crippen molar-refractivity contribution in [3.05, 3.63) is 59.8 Å². The predicted molar refractivity (Wildman–Crippen MR) is 159 cm³/mol. The smallest absolute Gasteiger partial charge is 0.411 e. The molecule has 3 aromatic rings. The molecular weight excluding hydrogens is 518 g/mol. The van der Waals surface area contributed by atoms with Crippen LogP contribution in [-0.2, 0) is 9.47 Å². The summed E-state index contributed by atoms with van der Waals surface area (Å²) >= 11 is 0. The van der Waals surface area contributed by atoms with Crippen LogP contribution in [0.5, 0.6) is 5.75 Å². The lowest BCUT2D eigenvalue weighted by Crippen LogP contribution is -2.25. The molecule has 8 heteroatoms. The summed E-state index contributed by atoms with van der Waals surface area (Å²) in [7, 11) is 0. The molecule has 3 N–H and O–H groups in total. The fourth-order valence-corrected chi connectivity index (χ4v) is 5.85. The van der Waals surface area contributed by atoms with Gasteiger partial charge in [0.05, 0.1) is 30.0 Å². The predicted octanol–water partition coefficient (Wildman–Crippen LogP) is 6.98. The van der Waals surface area contributed by atoms with E-state index in [0.717, 1.165) is 72.9 Å². The lowest BCUT2D eigenvalue weighted by molar-refractivity contribution is 0.0256. The average molecular weight is 558 g/mol. The van der Waals surface area contributed by atoms with E-state index in [9.17, 15) is 9.59 Å². The fraction of sp³-hybridized carbons (Fsp3) is 0.455. The van der Waals surface area contributed by atoms with E-state index in [1.54, 1.807) is 6.92 Å². The minimum Gasteiger partial charge on any atom is -0.490 e. The highest BCUT2D eigenvalue weighted by Crippen LogP contribution is 2.44. The van der Waals surface area contributed by atoms with E-state index in [-0.39, 0.29) is 24.0 Å². The number of nitrogens with two attached hydrogens (primary N) is 1. The van der Waals surface area contributed by atoms with E-state index in [2.05, 4.69) is 16.0 Å². The number of fused-ring (bicyclic) bond motifs is 1. The van der Waals surface area contributed by atoms with Crippen LogP contribution >= 0.6 is 0 Å². The van der Waals surface area contributed by atoms with Crippen LogP contribution in [0.1, 0.15) is 75.2 Å². The molecule has 1 aliphatic heterocycles. The maximum absolute atomic E-state index is 13.8. The second-order valence-corrected chi connectivity index (χ2v) is 11.6. The van der Waals surface area contributed by atoms with Crippen molar-refractivity contribution in [2.75, 3.05) is 18.5 Å². The third-order valence-corrected chi connectivity index (χ3v) is 8.71. The molecule has 1 amide bonds. The second-order valence-electron chi connectivity index (χ2n) is 11.6. The largest absolute Gasteiger partial charge is 0.490 e. The number of allylic oxidation sites excluding steroid dienone is 1. The van der Waals surface area contributed by atoms with Gasteiger partial charge in [0, 0.05) is 47.8 Å². The molecule has 1 atom stereocenters. The van der Waals surface area contributed by atoms with Crippen LogP contribution in [0.2, 0.25) is 0 Å². The summed E-state index contributed by atoms with van der Waals surface area (Å²) < 4.78 is 19.7. The first-order chi connectivity index (χ1) is 19.9. The summed E-state index contributed by atoms with van der Waals surface area (Å²) in [5.74, 6) is 1.18. The molecule has 3 aliphatic rings. The highest BCUT2D eigenvalue weighted by Gasteiger charge is 2.32. The topological polar surface area (TPSA) is 105 Å². The van der Waals surface area contributed by atoms with Gasteiger partial charge in [-0.2, -0.15) is 0 Å². The molecule has 0 bridgehead atoms. The molecule has 2 saturated carbocycles. The van der Waals surface area contributed by atoms with Gasteiger partial charge in [0.25, 0.3) is 0 Å². The molecule has 216 valence electrons. The van der Waals surface area contributed by atoms with Gasteiger partial charge in [-0.1, -0.05) is 12.1 Å². The number of carbonyl (C=O) groups is 2. The molecule has 2 heterocycles. The van der Waals surface area contributed by atoms with Crippen LogP contribution < -0.4 is 15.8 Å². The number of aromatic nitrogens is 1. The third-order valence-electron chi connectivity index (χ3n) is 8.71. The second kappa shape index (κ2) is 11.6. The Labute approximate surface area is 240 Å². The standard InChI is InChI=1S/C33H39N3O5/c1-20(19-34)32(37)30-28-13-12-27(41-26-14-16-39-17-15-26)18-29(28)36(25-4-3-5-25)31(30)23-8-10-24(11-9-23)35-33(38)40-21(2)22-6-7-22/h8-13,18-19,21-22,25-26H,3-7,14-17,34H2,1-2H3,(H,35,38). The lowest BCUT2D eigenvalue weighted by atomic mass is 9.91. The normalized spacial score (nSPS) is 19.0. The number of ether oxygens (including phenoxy) is 3. The van der Waals surface area contributed by atoms with Gasteiger partial charge in [0.1, 0.15) is 18.0 Å². The molecule has 0 spiro atoms. The van der Waals surface area contributed by atoms with Gasteiger partial charge >= 0.3 is 6.09 Å². The SMILES string of the molecule is CC(=CN)C(=O)c1c(-c2ccc(NC(=O)OC(C)C3CC3)cc2)n(C2CCC2)c2cc(OC3CCOCC3)ccc12. The number of anilines is 1. The van der Waals surface area contributed by atoms with E-state index in [1.807, 2.05) is 43.3 Å². The molecule has 3 fully saturated rings. The number of hydrogen-bond donors (Lipinski definition) is 2. The Morgan fingerprint density at radius 2 is 1.78 bits per heavy atom. The molecule has 1 saturated heterocycles. The molecule has 8 nitrogen and oxygen atoms in total. The number of carbonyl (C=O) groups excluding carboxylic acids is 2. The minimum absolute atomic E-state index is 0.0832. The molecule has 41 heavy (non-hydrogen) atoms. The van der Waals surface area contributed by atoms with Crippen molar-refractivity contribution >= 4 is 28.5 Å². The quantitative estimate of drug-likeness (QED) is 0.217. The molecule has 2 aromatic carbocycles. The molecule has 1 aromatic heterocycles. The summed E-state index contributed by atoms with van der Waals surface area (Å²) in [6, 6.07) is 14.0. The average Bonchev–Trinajstić information content (AvgIpc) is 3.76. The van der Waals surface area contributed by atoms with E-state index < -0.39 is 6.09 Å². The van der Waals surface area contributed by atoms with E-state index in [1.165, 1.54) is 6.20 Å². The monoisotopic (exact) mass is 557 g/mol. The summed E-state index contributed by atoms with van der Waals surface area (Å²) in [6.07, 6.45) is 8.17. The maximum atomic E-state index is 13.8. The Bertz CT molecular complexity index is 1460. The Morgan fingerprint density at radius 3 is 2.41 bits per heavy atom. The van der Waals surface area contributed by atoms with Crippen molar-refractivity contribution in [3.63, 3.8) is 0 Å². The summed E-state index contributed by atoms with van der Waals surface area (Å²) in [4.78, 5) is 26.2. The van der Waals surface area contributed by atoms with Crippen LogP contribution in [0.15, 0.2) is 54.2 Å². The number of nitrogens with zero attached hydrogens (tertiary/aromatic N) is 1. The zero-order valence-corrected chi connectivity index (χ0v) is 23.9. The number of hydrogen-bond acceptors (Lipinski definition) is 6. The Morgan fingerprint density at radius 1 is 1.05 bits per heavy atom. The van der Waals surface area contributed by atoms with Crippen molar-refractivity contribution < 1.29 is 23.8 Å². The zero-order valence-electron chi connectivity index (χ0n) is 23.9. The van der Waals surface area contributed by atoms with Gasteiger partial charge in [-0.15, -0.1) is 0 Å². The third kappa shape index (κ3) is 5.71. The molecule has 6 rings (SSSR count). The zero-order chi connectivity index (χ0) is 28.5. The maximum Gasteiger partial charge on any atom is 0.411 e. The van der Waals surface area contributed by atoms with Crippen LogP contribution in [0.3, 0.4) is 0 Å². The number of ketones is 1. The van der Waals surface area contributed by atoms with E-state index in [4.69, 9.17) is 19.9 Å². The minimum atomic E-state index is -0.447. The van der Waals surface area contributed by atoms with Crippen molar-refractivity contribution in [2.45, 2.75) is 77.0 Å². The van der Waals surface area contributed by atoms with Gasteiger partial charge in [-0.25, -0.2) is 4.79 Å². The fourth-order valence-electron chi connectivity index (χ4n) is 5.85. The Kier molecular flexibility index (Phi) is 7.75. The first-order valence-corrected chi connectivity index (χ1v) is 14.9. The van der Waals surface area contributed by atoms with Crippen molar-refractivity contribution in [3.8, 4) is 17.0 Å². The summed E-state index contributed by atoms with van der Waals surface area (Å²) in [6.45, 7) is 5.11. The van der Waals surface area contributed by atoms with E-state index >= 15 is 0 Å². The number of amides is 1. The molecular formula is C33H39N3O5. The van der Waals surface area contributed by atoms with Gasteiger partial charge in [0.2, 0.25) is 0 Å². The summed E-state index contributed by atoms with van der Waals surface area (Å²) in [5.41, 5.74) is 10.4. The van der Waals surface area contributed by atoms with Crippen LogP contribution in [0, 0.1) is 5.92 Å². The van der Waals surface area contributed by atoms with Crippen molar-refractivity contribution in [1.29, 1.82) is 0 Å². The van der Waals surface area contributed by atoms with Gasteiger partial charge in [-0.05, 0) is 81.7 Å². The first-order valence-electron chi connectivity index (χ1n) is 14.9. The van der Waals surface area contributed by atoms with Crippen LogP contribution in [0.25, 0.3) is 22.2 Å². The highest BCUT2D eigenvalue weighted by atomic mass is 16.6. The molecule has 2 aliphatic carbocycles.